The smallest absolute Gasteiger partial charge is 0.183 e. The highest BCUT2D eigenvalue weighted by atomic mass is 16.3. The van der Waals surface area contributed by atoms with Crippen molar-refractivity contribution in [3.63, 3.8) is 0 Å². The predicted molar refractivity (Wildman–Crippen MR) is 120 cm³/mol. The minimum atomic E-state index is -1.39. The molecule has 0 spiro atoms. The third-order valence-corrected chi connectivity index (χ3v) is 6.99. The molecule has 2 aliphatic rings. The van der Waals surface area contributed by atoms with Gasteiger partial charge in [-0.1, -0.05) is 73.5 Å². The molecule has 4 rings (SSSR count). The second-order valence-electron chi connectivity index (χ2n) is 8.91. The number of nitrogens with zero attached hydrogens (tertiary/aromatic N) is 1. The van der Waals surface area contributed by atoms with Gasteiger partial charge in [-0.05, 0) is 55.8 Å². The van der Waals surface area contributed by atoms with Crippen LogP contribution in [0, 0.1) is 5.92 Å². The van der Waals surface area contributed by atoms with Crippen LogP contribution in [0.5, 0.6) is 0 Å². The summed E-state index contributed by atoms with van der Waals surface area (Å²) in [4.78, 5) is 16.1. The highest BCUT2D eigenvalue weighted by molar-refractivity contribution is 5.90. The molecule has 30 heavy (non-hydrogen) atoms. The monoisotopic (exact) mass is 406 g/mol. The first-order chi connectivity index (χ1) is 14.7. The molecule has 0 radical (unpaired) electrons. The van der Waals surface area contributed by atoms with Crippen molar-refractivity contribution in [3.8, 4) is 0 Å². The third kappa shape index (κ3) is 4.66. The van der Waals surface area contributed by atoms with E-state index in [1.54, 1.807) is 0 Å². The summed E-state index contributed by atoms with van der Waals surface area (Å²) in [7, 11) is 0. The fourth-order valence-electron chi connectivity index (χ4n) is 5.27. The Morgan fingerprint density at radius 1 is 0.933 bits per heavy atom. The zero-order valence-electron chi connectivity index (χ0n) is 17.8. The minimum absolute atomic E-state index is 0.0130. The van der Waals surface area contributed by atoms with Crippen LogP contribution in [0.3, 0.4) is 0 Å². The molecule has 160 valence electrons. The molecule has 1 unspecified atom stereocenters. The number of Topliss-reactive ketones (excluding diaryl/α,β-unsaturated/α-hetero) is 1. The maximum Gasteiger partial charge on any atom is 0.183 e. The Labute approximate surface area is 180 Å². The fourth-order valence-corrected chi connectivity index (χ4v) is 5.27. The van der Waals surface area contributed by atoms with Crippen molar-refractivity contribution in [3.05, 3.63) is 71.8 Å². The van der Waals surface area contributed by atoms with Gasteiger partial charge in [0.05, 0.1) is 6.54 Å². The van der Waals surface area contributed by atoms with Crippen LogP contribution in [0.2, 0.25) is 0 Å². The molecule has 1 aliphatic heterocycles. The van der Waals surface area contributed by atoms with Crippen LogP contribution in [0.4, 0.5) is 0 Å². The second kappa shape index (κ2) is 9.86. The number of carbonyl (C=O) groups excluding carboxylic acids is 1. The Morgan fingerprint density at radius 2 is 1.53 bits per heavy atom. The molecule has 2 aromatic carbocycles. The molecule has 0 aromatic heterocycles. The first-order valence-corrected chi connectivity index (χ1v) is 11.5. The lowest BCUT2D eigenvalue weighted by Gasteiger charge is -2.38. The predicted octanol–water partition coefficient (Wildman–Crippen LogP) is 3.89. The summed E-state index contributed by atoms with van der Waals surface area (Å²) in [5.41, 5.74) is 0.583. The molecule has 4 heteroatoms. The summed E-state index contributed by atoms with van der Waals surface area (Å²) >= 11 is 0. The zero-order valence-corrected chi connectivity index (χ0v) is 17.8. The number of hydrogen-bond donors (Lipinski definition) is 2. The summed E-state index contributed by atoms with van der Waals surface area (Å²) < 4.78 is 0. The lowest BCUT2D eigenvalue weighted by molar-refractivity contribution is -0.147. The van der Waals surface area contributed by atoms with Gasteiger partial charge in [-0.3, -0.25) is 9.69 Å². The molecule has 2 aromatic rings. The fraction of sp³-hybridized carbons (Fsp3) is 0.500. The molecule has 1 saturated carbocycles. The summed E-state index contributed by atoms with van der Waals surface area (Å²) in [5, 5.41) is 15.3. The number of hydrogen-bond acceptors (Lipinski definition) is 4. The molecule has 0 amide bonds. The molecular weight excluding hydrogens is 372 g/mol. The van der Waals surface area contributed by atoms with Gasteiger partial charge in [0.2, 0.25) is 0 Å². The first kappa shape index (κ1) is 21.2. The SMILES string of the molecule is O=C(CN(Cc1ccccc1)C1CCNCC1)C(O)(c1ccccc1)C1CCCC1. The first-order valence-electron chi connectivity index (χ1n) is 11.5. The summed E-state index contributed by atoms with van der Waals surface area (Å²) in [6.45, 7) is 3.00. The zero-order chi connectivity index (χ0) is 20.8. The Bertz CT molecular complexity index is 798. The number of rotatable bonds is 8. The highest BCUT2D eigenvalue weighted by Gasteiger charge is 2.46. The van der Waals surface area contributed by atoms with Crippen LogP contribution in [-0.4, -0.2) is 41.5 Å². The Kier molecular flexibility index (Phi) is 6.98. The van der Waals surface area contributed by atoms with E-state index in [2.05, 4.69) is 34.5 Å². The number of carbonyl (C=O) groups is 1. The van der Waals surface area contributed by atoms with Crippen molar-refractivity contribution in [2.75, 3.05) is 19.6 Å². The highest BCUT2D eigenvalue weighted by Crippen LogP contribution is 2.41. The van der Waals surface area contributed by atoms with Crippen LogP contribution >= 0.6 is 0 Å². The van der Waals surface area contributed by atoms with E-state index in [0.717, 1.165) is 63.7 Å². The van der Waals surface area contributed by atoms with Crippen molar-refractivity contribution < 1.29 is 9.90 Å². The largest absolute Gasteiger partial charge is 0.377 e. The van der Waals surface area contributed by atoms with E-state index in [1.807, 2.05) is 36.4 Å². The van der Waals surface area contributed by atoms with Crippen LogP contribution < -0.4 is 5.32 Å². The van der Waals surface area contributed by atoms with E-state index in [9.17, 15) is 9.90 Å². The maximum atomic E-state index is 13.8. The van der Waals surface area contributed by atoms with Crippen molar-refractivity contribution in [2.45, 2.75) is 56.7 Å². The quantitative estimate of drug-likeness (QED) is 0.698. The lowest BCUT2D eigenvalue weighted by atomic mass is 9.76. The van der Waals surface area contributed by atoms with Gasteiger partial charge in [0.1, 0.15) is 0 Å². The normalized spacial score (nSPS) is 20.3. The lowest BCUT2D eigenvalue weighted by Crippen LogP contribution is -2.51. The van der Waals surface area contributed by atoms with E-state index >= 15 is 0 Å². The standard InChI is InChI=1S/C26H34N2O2/c29-25(26(30,23-13-7-8-14-23)22-11-5-2-6-12-22)20-28(24-15-17-27-18-16-24)19-21-9-3-1-4-10-21/h1-6,9-12,23-24,27,30H,7-8,13-20H2. The average Bonchev–Trinajstić information content (AvgIpc) is 3.35. The Balaban J connectivity index is 1.60. The molecule has 1 aliphatic carbocycles. The summed E-state index contributed by atoms with van der Waals surface area (Å²) in [6, 6.07) is 20.4. The maximum absolute atomic E-state index is 13.8. The van der Waals surface area contributed by atoms with Crippen molar-refractivity contribution in [1.82, 2.24) is 10.2 Å². The van der Waals surface area contributed by atoms with Gasteiger partial charge in [-0.25, -0.2) is 0 Å². The van der Waals surface area contributed by atoms with Crippen molar-refractivity contribution in [1.29, 1.82) is 0 Å². The van der Waals surface area contributed by atoms with E-state index in [4.69, 9.17) is 0 Å². The molecule has 1 saturated heterocycles. The number of aliphatic hydroxyl groups is 1. The van der Waals surface area contributed by atoms with Gasteiger partial charge in [0.15, 0.2) is 11.4 Å². The Hall–Kier alpha value is -2.01. The van der Waals surface area contributed by atoms with Gasteiger partial charge in [-0.15, -0.1) is 0 Å². The van der Waals surface area contributed by atoms with Crippen molar-refractivity contribution in [2.24, 2.45) is 5.92 Å². The van der Waals surface area contributed by atoms with Crippen LogP contribution in [0.25, 0.3) is 0 Å². The molecule has 1 heterocycles. The van der Waals surface area contributed by atoms with Crippen LogP contribution in [0.1, 0.15) is 49.7 Å². The number of ketones is 1. The van der Waals surface area contributed by atoms with Crippen LogP contribution in [0.15, 0.2) is 60.7 Å². The van der Waals surface area contributed by atoms with E-state index in [1.165, 1.54) is 5.56 Å². The number of piperidine rings is 1. The van der Waals surface area contributed by atoms with E-state index in [-0.39, 0.29) is 11.7 Å². The van der Waals surface area contributed by atoms with Gasteiger partial charge in [0.25, 0.3) is 0 Å². The Morgan fingerprint density at radius 3 is 2.17 bits per heavy atom. The topological polar surface area (TPSA) is 52.6 Å². The third-order valence-electron chi connectivity index (χ3n) is 6.99. The molecule has 4 nitrogen and oxygen atoms in total. The van der Waals surface area contributed by atoms with Gasteiger partial charge < -0.3 is 10.4 Å². The average molecular weight is 407 g/mol. The summed E-state index contributed by atoms with van der Waals surface area (Å²) in [5.74, 6) is -0.0333. The minimum Gasteiger partial charge on any atom is -0.377 e. The van der Waals surface area contributed by atoms with Crippen molar-refractivity contribution >= 4 is 5.78 Å². The molecule has 0 bridgehead atoms. The number of benzene rings is 2. The van der Waals surface area contributed by atoms with Crippen LogP contribution in [-0.2, 0) is 16.9 Å². The van der Waals surface area contributed by atoms with E-state index in [0.29, 0.717) is 12.6 Å². The van der Waals surface area contributed by atoms with Gasteiger partial charge >= 0.3 is 0 Å². The summed E-state index contributed by atoms with van der Waals surface area (Å²) in [6.07, 6.45) is 6.09. The molecule has 2 fully saturated rings. The number of nitrogens with one attached hydrogen (secondary N) is 1. The molecule has 2 N–H and O–H groups in total. The molecule has 1 atom stereocenters. The molecular formula is C26H34N2O2. The van der Waals surface area contributed by atoms with Gasteiger partial charge in [0, 0.05) is 12.6 Å². The van der Waals surface area contributed by atoms with Gasteiger partial charge in [-0.2, -0.15) is 0 Å². The second-order valence-corrected chi connectivity index (χ2v) is 8.91. The van der Waals surface area contributed by atoms with E-state index < -0.39 is 5.60 Å².